The van der Waals surface area contributed by atoms with Crippen molar-refractivity contribution < 1.29 is 9.47 Å². The molecule has 3 rings (SSSR count). The minimum atomic E-state index is 0.228. The van der Waals surface area contributed by atoms with Gasteiger partial charge in [0.15, 0.2) is 0 Å². The van der Waals surface area contributed by atoms with Crippen LogP contribution in [0.15, 0.2) is 48.5 Å². The van der Waals surface area contributed by atoms with Crippen molar-refractivity contribution in [3.05, 3.63) is 70.8 Å². The molecule has 0 N–H and O–H groups in total. The van der Waals surface area contributed by atoms with Gasteiger partial charge in [0.25, 0.3) is 0 Å². The van der Waals surface area contributed by atoms with Gasteiger partial charge in [0.05, 0.1) is 19.3 Å². The fourth-order valence-corrected chi connectivity index (χ4v) is 3.23. The largest absolute Gasteiger partial charge is 0.380 e. The maximum atomic E-state index is 6.21. The summed E-state index contributed by atoms with van der Waals surface area (Å²) in [6.45, 7) is 3.64. The molecule has 0 radical (unpaired) electrons. The van der Waals surface area contributed by atoms with Crippen molar-refractivity contribution in [2.75, 3.05) is 7.11 Å². The molecule has 0 saturated heterocycles. The van der Waals surface area contributed by atoms with E-state index >= 15 is 0 Å². The van der Waals surface area contributed by atoms with Crippen LogP contribution in [0.2, 0.25) is 0 Å². The zero-order chi connectivity index (χ0) is 15.4. The van der Waals surface area contributed by atoms with Gasteiger partial charge in [-0.25, -0.2) is 0 Å². The summed E-state index contributed by atoms with van der Waals surface area (Å²) in [6.07, 6.45) is 2.54. The second-order valence-corrected chi connectivity index (χ2v) is 6.16. The third-order valence-electron chi connectivity index (χ3n) is 4.52. The summed E-state index contributed by atoms with van der Waals surface area (Å²) in [5, 5.41) is 0. The van der Waals surface area contributed by atoms with Crippen molar-refractivity contribution in [2.24, 2.45) is 0 Å². The van der Waals surface area contributed by atoms with Crippen LogP contribution in [0, 0.1) is 0 Å². The predicted octanol–water partition coefficient (Wildman–Crippen LogP) is 4.99. The van der Waals surface area contributed by atoms with E-state index in [2.05, 4.69) is 55.5 Å². The monoisotopic (exact) mass is 296 g/mol. The van der Waals surface area contributed by atoms with Crippen LogP contribution in [0.25, 0.3) is 0 Å². The van der Waals surface area contributed by atoms with Crippen molar-refractivity contribution >= 4 is 0 Å². The molecule has 1 aliphatic rings. The van der Waals surface area contributed by atoms with Crippen LogP contribution < -0.4 is 0 Å². The molecule has 0 fully saturated rings. The Morgan fingerprint density at radius 1 is 0.864 bits per heavy atom. The number of hydrogen-bond donors (Lipinski definition) is 0. The van der Waals surface area contributed by atoms with Crippen molar-refractivity contribution in [3.63, 3.8) is 0 Å². The second kappa shape index (κ2) is 7.08. The fourth-order valence-electron chi connectivity index (χ4n) is 3.23. The molecular weight excluding hydrogens is 272 g/mol. The van der Waals surface area contributed by atoms with E-state index in [9.17, 15) is 0 Å². The number of hydrogen-bond acceptors (Lipinski definition) is 2. The Bertz CT molecular complexity index is 603. The molecule has 0 aromatic heterocycles. The molecule has 2 aromatic carbocycles. The molecule has 0 spiro atoms. The predicted molar refractivity (Wildman–Crippen MR) is 88.8 cm³/mol. The molecule has 0 amide bonds. The van der Waals surface area contributed by atoms with E-state index in [4.69, 9.17) is 9.47 Å². The molecule has 116 valence electrons. The topological polar surface area (TPSA) is 18.5 Å². The summed E-state index contributed by atoms with van der Waals surface area (Å²) in [4.78, 5) is 0. The quantitative estimate of drug-likeness (QED) is 0.774. The lowest BCUT2D eigenvalue weighted by Crippen LogP contribution is -2.15. The van der Waals surface area contributed by atoms with E-state index in [0.717, 1.165) is 6.42 Å². The average molecular weight is 296 g/mol. The lowest BCUT2D eigenvalue weighted by molar-refractivity contribution is 0.0261. The highest BCUT2D eigenvalue weighted by Gasteiger charge is 2.24. The molecule has 22 heavy (non-hydrogen) atoms. The molecule has 0 bridgehead atoms. The lowest BCUT2D eigenvalue weighted by Gasteiger charge is -2.29. The fraction of sp³-hybridized carbons (Fsp3) is 0.400. The highest BCUT2D eigenvalue weighted by molar-refractivity contribution is 5.34. The van der Waals surface area contributed by atoms with Crippen LogP contribution >= 0.6 is 0 Å². The Morgan fingerprint density at radius 3 is 2.18 bits per heavy atom. The Morgan fingerprint density at radius 2 is 1.50 bits per heavy atom. The number of rotatable bonds is 5. The summed E-state index contributed by atoms with van der Waals surface area (Å²) in [5.74, 6) is 0.643. The number of benzene rings is 2. The van der Waals surface area contributed by atoms with Gasteiger partial charge in [-0.2, -0.15) is 0 Å². The first-order valence-corrected chi connectivity index (χ1v) is 8.05. The molecule has 2 nitrogen and oxygen atoms in total. The standard InChI is InChI=1S/C20H24O2/c1-15-7-12-20(19-6-4-3-5-18(15)19)22-14-17-10-8-16(9-11-17)13-21-2/h3-6,8-11,15,20H,7,12-14H2,1-2H3. The Balaban J connectivity index is 1.65. The van der Waals surface area contributed by atoms with Crippen molar-refractivity contribution in [1.82, 2.24) is 0 Å². The summed E-state index contributed by atoms with van der Waals surface area (Å²) in [7, 11) is 1.72. The van der Waals surface area contributed by atoms with Gasteiger partial charge in [-0.1, -0.05) is 55.5 Å². The van der Waals surface area contributed by atoms with Crippen molar-refractivity contribution in [3.8, 4) is 0 Å². The van der Waals surface area contributed by atoms with E-state index in [-0.39, 0.29) is 6.10 Å². The minimum Gasteiger partial charge on any atom is -0.380 e. The van der Waals surface area contributed by atoms with E-state index in [0.29, 0.717) is 19.1 Å². The maximum Gasteiger partial charge on any atom is 0.0832 e. The van der Waals surface area contributed by atoms with E-state index in [1.165, 1.54) is 28.7 Å². The van der Waals surface area contributed by atoms with Gasteiger partial charge >= 0.3 is 0 Å². The van der Waals surface area contributed by atoms with Crippen LogP contribution in [0.3, 0.4) is 0 Å². The SMILES string of the molecule is COCc1ccc(COC2CCC(C)c3ccccc32)cc1. The van der Waals surface area contributed by atoms with Crippen LogP contribution in [-0.2, 0) is 22.7 Å². The first-order valence-electron chi connectivity index (χ1n) is 8.05. The lowest BCUT2D eigenvalue weighted by atomic mass is 9.82. The van der Waals surface area contributed by atoms with Crippen molar-refractivity contribution in [2.45, 2.75) is 45.0 Å². The van der Waals surface area contributed by atoms with E-state index in [1.54, 1.807) is 7.11 Å². The number of fused-ring (bicyclic) bond motifs is 1. The molecule has 0 aliphatic heterocycles. The third kappa shape index (κ3) is 3.40. The van der Waals surface area contributed by atoms with Gasteiger partial charge in [0, 0.05) is 7.11 Å². The summed E-state index contributed by atoms with van der Waals surface area (Å²) in [6, 6.07) is 17.2. The Hall–Kier alpha value is -1.64. The minimum absolute atomic E-state index is 0.228. The van der Waals surface area contributed by atoms with Gasteiger partial charge in [0.2, 0.25) is 0 Å². The first-order chi connectivity index (χ1) is 10.8. The smallest absolute Gasteiger partial charge is 0.0832 e. The zero-order valence-electron chi connectivity index (χ0n) is 13.4. The highest BCUT2D eigenvalue weighted by atomic mass is 16.5. The normalized spacial score (nSPS) is 20.6. The van der Waals surface area contributed by atoms with Crippen LogP contribution in [0.1, 0.15) is 54.0 Å². The van der Waals surface area contributed by atoms with Crippen molar-refractivity contribution in [1.29, 1.82) is 0 Å². The second-order valence-electron chi connectivity index (χ2n) is 6.16. The molecule has 2 heteroatoms. The number of ether oxygens (including phenoxy) is 2. The summed E-state index contributed by atoms with van der Waals surface area (Å²) < 4.78 is 11.4. The first kappa shape index (κ1) is 15.3. The van der Waals surface area contributed by atoms with Gasteiger partial charge in [0.1, 0.15) is 0 Å². The molecular formula is C20H24O2. The summed E-state index contributed by atoms with van der Waals surface area (Å²) >= 11 is 0. The molecule has 2 unspecified atom stereocenters. The average Bonchev–Trinajstić information content (AvgIpc) is 2.56. The van der Waals surface area contributed by atoms with E-state index in [1.807, 2.05) is 0 Å². The molecule has 0 saturated carbocycles. The van der Waals surface area contributed by atoms with Crippen LogP contribution in [0.4, 0.5) is 0 Å². The zero-order valence-corrected chi connectivity index (χ0v) is 13.4. The van der Waals surface area contributed by atoms with Gasteiger partial charge in [-0.05, 0) is 41.0 Å². The van der Waals surface area contributed by atoms with E-state index < -0.39 is 0 Å². The summed E-state index contributed by atoms with van der Waals surface area (Å²) in [5.41, 5.74) is 5.24. The molecule has 1 aliphatic carbocycles. The molecule has 0 heterocycles. The number of methoxy groups -OCH3 is 1. The van der Waals surface area contributed by atoms with Gasteiger partial charge in [-0.3, -0.25) is 0 Å². The molecule has 2 aromatic rings. The Kier molecular flexibility index (Phi) is 4.91. The maximum absolute atomic E-state index is 6.21. The van der Waals surface area contributed by atoms with Crippen LogP contribution in [0.5, 0.6) is 0 Å². The van der Waals surface area contributed by atoms with Crippen LogP contribution in [-0.4, -0.2) is 7.11 Å². The molecule has 2 atom stereocenters. The van der Waals surface area contributed by atoms with Gasteiger partial charge in [-0.15, -0.1) is 0 Å². The third-order valence-corrected chi connectivity index (χ3v) is 4.52. The highest BCUT2D eigenvalue weighted by Crippen LogP contribution is 2.39. The van der Waals surface area contributed by atoms with Gasteiger partial charge < -0.3 is 9.47 Å². The Labute approximate surface area is 133 Å².